The second kappa shape index (κ2) is 4.08. The highest BCUT2D eigenvalue weighted by molar-refractivity contribution is 5.30. The molecular weight excluding hydrogens is 190 g/mol. The van der Waals surface area contributed by atoms with E-state index in [1.807, 2.05) is 10.8 Å². The van der Waals surface area contributed by atoms with Gasteiger partial charge in [-0.1, -0.05) is 6.92 Å². The summed E-state index contributed by atoms with van der Waals surface area (Å²) in [7, 11) is 0. The topological polar surface area (TPSA) is 69.6 Å². The lowest BCUT2D eigenvalue weighted by Crippen LogP contribution is -2.06. The van der Waals surface area contributed by atoms with Crippen molar-refractivity contribution in [3.63, 3.8) is 0 Å². The second-order valence-corrected chi connectivity index (χ2v) is 3.24. The third kappa shape index (κ3) is 1.96. The summed E-state index contributed by atoms with van der Waals surface area (Å²) in [6.45, 7) is 2.11. The second-order valence-electron chi connectivity index (χ2n) is 3.24. The largest absolute Gasteiger partial charge is 0.384 e. The summed E-state index contributed by atoms with van der Waals surface area (Å²) in [5.41, 5.74) is 5.60. The van der Waals surface area contributed by atoms with E-state index >= 15 is 0 Å². The van der Waals surface area contributed by atoms with Gasteiger partial charge in [-0.25, -0.2) is 9.97 Å². The predicted octanol–water partition coefficient (Wildman–Crippen LogP) is 1.20. The van der Waals surface area contributed by atoms with Crippen molar-refractivity contribution in [1.82, 2.24) is 19.5 Å². The van der Waals surface area contributed by atoms with Gasteiger partial charge < -0.3 is 5.73 Å². The lowest BCUT2D eigenvalue weighted by molar-refractivity contribution is 0.783. The van der Waals surface area contributed by atoms with Crippen LogP contribution >= 0.6 is 0 Å². The minimum absolute atomic E-state index is 0.469. The van der Waals surface area contributed by atoms with Crippen molar-refractivity contribution >= 4 is 5.82 Å². The Morgan fingerprint density at radius 1 is 1.33 bits per heavy atom. The van der Waals surface area contributed by atoms with Gasteiger partial charge in [0.05, 0.1) is 0 Å². The van der Waals surface area contributed by atoms with E-state index in [4.69, 9.17) is 5.73 Å². The number of anilines is 1. The maximum Gasteiger partial charge on any atom is 0.237 e. The molecule has 0 bridgehead atoms. The zero-order chi connectivity index (χ0) is 10.7. The standard InChI is InChI=1S/C10H13N5/c1-2-3-9-12-6-7-15(9)10-13-5-4-8(11)14-10/h4-7H,2-3H2,1H3,(H2,11,13,14). The molecule has 5 nitrogen and oxygen atoms in total. The minimum atomic E-state index is 0.469. The molecule has 0 fully saturated rings. The Balaban J connectivity index is 2.40. The predicted molar refractivity (Wildman–Crippen MR) is 57.6 cm³/mol. The molecule has 0 radical (unpaired) electrons. The summed E-state index contributed by atoms with van der Waals surface area (Å²) >= 11 is 0. The molecule has 0 saturated heterocycles. The summed E-state index contributed by atoms with van der Waals surface area (Å²) < 4.78 is 1.86. The van der Waals surface area contributed by atoms with E-state index in [1.165, 1.54) is 0 Å². The van der Waals surface area contributed by atoms with Gasteiger partial charge in [-0.3, -0.25) is 4.57 Å². The fourth-order valence-corrected chi connectivity index (χ4v) is 1.40. The van der Waals surface area contributed by atoms with E-state index < -0.39 is 0 Å². The van der Waals surface area contributed by atoms with Crippen molar-refractivity contribution in [2.75, 3.05) is 5.73 Å². The molecule has 2 heterocycles. The van der Waals surface area contributed by atoms with E-state index in [2.05, 4.69) is 21.9 Å². The fraction of sp³-hybridized carbons (Fsp3) is 0.300. The lowest BCUT2D eigenvalue weighted by Gasteiger charge is -2.04. The minimum Gasteiger partial charge on any atom is -0.384 e. The molecule has 2 rings (SSSR count). The van der Waals surface area contributed by atoms with Crippen LogP contribution in [0.3, 0.4) is 0 Å². The van der Waals surface area contributed by atoms with Gasteiger partial charge in [-0.15, -0.1) is 0 Å². The van der Waals surface area contributed by atoms with Gasteiger partial charge >= 0.3 is 0 Å². The molecule has 78 valence electrons. The molecule has 2 aromatic rings. The molecule has 0 aliphatic carbocycles. The van der Waals surface area contributed by atoms with Crippen LogP contribution in [0, 0.1) is 0 Å². The van der Waals surface area contributed by atoms with E-state index in [9.17, 15) is 0 Å². The molecular formula is C10H13N5. The fourth-order valence-electron chi connectivity index (χ4n) is 1.40. The van der Waals surface area contributed by atoms with Crippen molar-refractivity contribution in [2.45, 2.75) is 19.8 Å². The summed E-state index contributed by atoms with van der Waals surface area (Å²) in [4.78, 5) is 12.6. The first-order valence-electron chi connectivity index (χ1n) is 4.92. The normalized spacial score (nSPS) is 10.5. The molecule has 2 aromatic heterocycles. The molecule has 0 aliphatic rings. The molecule has 0 amide bonds. The van der Waals surface area contributed by atoms with Gasteiger partial charge in [-0.05, 0) is 12.5 Å². The first kappa shape index (κ1) is 9.64. The van der Waals surface area contributed by atoms with Crippen molar-refractivity contribution in [3.05, 3.63) is 30.5 Å². The van der Waals surface area contributed by atoms with E-state index in [0.717, 1.165) is 18.7 Å². The molecule has 0 unspecified atom stereocenters. The molecule has 0 aliphatic heterocycles. The quantitative estimate of drug-likeness (QED) is 0.813. The van der Waals surface area contributed by atoms with Crippen molar-refractivity contribution in [2.24, 2.45) is 0 Å². The Labute approximate surface area is 88.0 Å². The van der Waals surface area contributed by atoms with Crippen molar-refractivity contribution in [1.29, 1.82) is 0 Å². The summed E-state index contributed by atoms with van der Waals surface area (Å²) in [6, 6.07) is 1.67. The van der Waals surface area contributed by atoms with E-state index in [1.54, 1.807) is 18.5 Å². The number of aromatic nitrogens is 4. The zero-order valence-electron chi connectivity index (χ0n) is 8.59. The molecule has 0 spiro atoms. The molecule has 0 atom stereocenters. The highest BCUT2D eigenvalue weighted by Gasteiger charge is 2.06. The van der Waals surface area contributed by atoms with Crippen molar-refractivity contribution in [3.8, 4) is 5.95 Å². The van der Waals surface area contributed by atoms with Gasteiger partial charge in [0, 0.05) is 25.0 Å². The van der Waals surface area contributed by atoms with Crippen molar-refractivity contribution < 1.29 is 0 Å². The summed E-state index contributed by atoms with van der Waals surface area (Å²) in [5, 5.41) is 0. The number of nitrogens with two attached hydrogens (primary N) is 1. The maximum absolute atomic E-state index is 5.60. The van der Waals surface area contributed by atoms with Crippen LogP contribution in [0.15, 0.2) is 24.7 Å². The average molecular weight is 203 g/mol. The number of imidazole rings is 1. The number of nitrogen functional groups attached to an aromatic ring is 1. The number of hydrogen-bond donors (Lipinski definition) is 1. The Bertz CT molecular complexity index is 449. The summed E-state index contributed by atoms with van der Waals surface area (Å²) in [6.07, 6.45) is 7.19. The zero-order valence-corrected chi connectivity index (χ0v) is 8.59. The Morgan fingerprint density at radius 2 is 2.20 bits per heavy atom. The van der Waals surface area contributed by atoms with Gasteiger partial charge in [0.15, 0.2) is 0 Å². The van der Waals surface area contributed by atoms with E-state index in [0.29, 0.717) is 11.8 Å². The van der Waals surface area contributed by atoms with Gasteiger partial charge in [0.25, 0.3) is 0 Å². The molecule has 15 heavy (non-hydrogen) atoms. The van der Waals surface area contributed by atoms with Crippen LogP contribution < -0.4 is 5.73 Å². The average Bonchev–Trinajstić information content (AvgIpc) is 2.66. The van der Waals surface area contributed by atoms with Crippen LogP contribution in [0.5, 0.6) is 0 Å². The van der Waals surface area contributed by atoms with Crippen LogP contribution in [0.25, 0.3) is 5.95 Å². The molecule has 0 saturated carbocycles. The SMILES string of the molecule is CCCc1nccn1-c1nccc(N)n1. The number of hydrogen-bond acceptors (Lipinski definition) is 4. The van der Waals surface area contributed by atoms with Gasteiger partial charge in [-0.2, -0.15) is 4.98 Å². The first-order chi connectivity index (χ1) is 7.31. The number of nitrogens with zero attached hydrogens (tertiary/aromatic N) is 4. The highest BCUT2D eigenvalue weighted by Crippen LogP contribution is 2.08. The summed E-state index contributed by atoms with van der Waals surface area (Å²) in [5.74, 6) is 2.01. The Hall–Kier alpha value is -1.91. The monoisotopic (exact) mass is 203 g/mol. The van der Waals surface area contributed by atoms with Crippen LogP contribution in [0.1, 0.15) is 19.2 Å². The number of rotatable bonds is 3. The third-order valence-electron chi connectivity index (χ3n) is 2.07. The third-order valence-corrected chi connectivity index (χ3v) is 2.07. The Kier molecular flexibility index (Phi) is 2.62. The van der Waals surface area contributed by atoms with Crippen LogP contribution in [0.4, 0.5) is 5.82 Å². The van der Waals surface area contributed by atoms with Gasteiger partial charge in [0.1, 0.15) is 11.6 Å². The molecule has 2 N–H and O–H groups in total. The smallest absolute Gasteiger partial charge is 0.237 e. The maximum atomic E-state index is 5.60. The molecule has 0 aromatic carbocycles. The number of aryl methyl sites for hydroxylation is 1. The van der Waals surface area contributed by atoms with E-state index in [-0.39, 0.29) is 0 Å². The highest BCUT2D eigenvalue weighted by atomic mass is 15.2. The Morgan fingerprint density at radius 3 is 2.93 bits per heavy atom. The first-order valence-corrected chi connectivity index (χ1v) is 4.92. The van der Waals surface area contributed by atoms with Crippen LogP contribution in [-0.2, 0) is 6.42 Å². The van der Waals surface area contributed by atoms with Crippen LogP contribution in [-0.4, -0.2) is 19.5 Å². The lowest BCUT2D eigenvalue weighted by atomic mass is 10.3. The van der Waals surface area contributed by atoms with Gasteiger partial charge in [0.2, 0.25) is 5.95 Å². The molecule has 5 heteroatoms. The van der Waals surface area contributed by atoms with Crippen LogP contribution in [0.2, 0.25) is 0 Å².